The minimum absolute atomic E-state index is 0.280. The van der Waals surface area contributed by atoms with E-state index < -0.39 is 0 Å². The fourth-order valence-corrected chi connectivity index (χ4v) is 3.94. The average Bonchev–Trinajstić information content (AvgIpc) is 2.68. The Kier molecular flexibility index (Phi) is 5.65. The van der Waals surface area contributed by atoms with E-state index in [1.54, 1.807) is 0 Å². The molecule has 1 aliphatic heterocycles. The maximum Gasteiger partial charge on any atom is 0.228 e. The van der Waals surface area contributed by atoms with Crippen molar-refractivity contribution in [3.63, 3.8) is 0 Å². The molecule has 1 aliphatic rings. The summed E-state index contributed by atoms with van der Waals surface area (Å²) in [5.41, 5.74) is 2.12. The fourth-order valence-electron chi connectivity index (χ4n) is 3.94. The monoisotopic (exact) mass is 350 g/mol. The minimum Gasteiger partial charge on any atom is -0.371 e. The molecule has 0 aliphatic carbocycles. The average molecular weight is 351 g/mol. The van der Waals surface area contributed by atoms with Gasteiger partial charge >= 0.3 is 0 Å². The number of piperidine rings is 1. The molecular formula is C23H30N2O. The van der Waals surface area contributed by atoms with Crippen LogP contribution in [0.15, 0.2) is 60.7 Å². The molecule has 0 unspecified atom stereocenters. The number of likely N-dealkylation sites (tertiary alicyclic amines) is 1. The molecule has 3 nitrogen and oxygen atoms in total. The molecule has 26 heavy (non-hydrogen) atoms. The second kappa shape index (κ2) is 7.94. The molecule has 1 amide bonds. The summed E-state index contributed by atoms with van der Waals surface area (Å²) in [6.07, 6.45) is 2.84. The van der Waals surface area contributed by atoms with Crippen molar-refractivity contribution in [2.45, 2.75) is 39.2 Å². The second-order valence-corrected chi connectivity index (χ2v) is 8.02. The van der Waals surface area contributed by atoms with E-state index in [1.807, 2.05) is 24.3 Å². The fraction of sp³-hybridized carbons (Fsp3) is 0.435. The summed E-state index contributed by atoms with van der Waals surface area (Å²) in [6.45, 7) is 5.84. The molecule has 3 rings (SSSR count). The summed E-state index contributed by atoms with van der Waals surface area (Å²) in [7, 11) is 2.16. The number of nitrogens with zero attached hydrogens (tertiary/aromatic N) is 2. The van der Waals surface area contributed by atoms with Crippen LogP contribution in [0.1, 0.15) is 32.3 Å². The molecule has 2 aromatic rings. The summed E-state index contributed by atoms with van der Waals surface area (Å²) in [5.74, 6) is 0.280. The van der Waals surface area contributed by atoms with Crippen LogP contribution in [0, 0.1) is 5.41 Å². The van der Waals surface area contributed by atoms with Crippen LogP contribution >= 0.6 is 0 Å². The van der Waals surface area contributed by atoms with E-state index in [0.29, 0.717) is 6.04 Å². The van der Waals surface area contributed by atoms with Gasteiger partial charge in [0.1, 0.15) is 0 Å². The summed E-state index contributed by atoms with van der Waals surface area (Å²) in [4.78, 5) is 17.5. The van der Waals surface area contributed by atoms with E-state index in [9.17, 15) is 4.79 Å². The predicted molar refractivity (Wildman–Crippen MR) is 108 cm³/mol. The summed E-state index contributed by atoms with van der Waals surface area (Å²) in [6, 6.07) is 21.3. The molecule has 1 saturated heterocycles. The Balaban J connectivity index is 1.58. The minimum atomic E-state index is -0.362. The number of benzene rings is 2. The third kappa shape index (κ3) is 4.27. The highest BCUT2D eigenvalue weighted by Crippen LogP contribution is 2.28. The Morgan fingerprint density at radius 3 is 2.12 bits per heavy atom. The third-order valence-electron chi connectivity index (χ3n) is 5.53. The molecule has 0 bridgehead atoms. The van der Waals surface area contributed by atoms with Gasteiger partial charge in [0.25, 0.3) is 0 Å². The highest BCUT2D eigenvalue weighted by Gasteiger charge is 2.34. The van der Waals surface area contributed by atoms with Gasteiger partial charge in [0, 0.05) is 37.3 Å². The molecule has 1 heterocycles. The van der Waals surface area contributed by atoms with Crippen molar-refractivity contribution in [2.75, 3.05) is 25.0 Å². The number of carbonyl (C=O) groups is 1. The topological polar surface area (TPSA) is 23.6 Å². The first kappa shape index (κ1) is 18.5. The largest absolute Gasteiger partial charge is 0.371 e. The molecule has 0 spiro atoms. The third-order valence-corrected chi connectivity index (χ3v) is 5.53. The van der Waals surface area contributed by atoms with Crippen LogP contribution in [0.4, 0.5) is 5.69 Å². The quantitative estimate of drug-likeness (QED) is 0.799. The van der Waals surface area contributed by atoms with Gasteiger partial charge in [0.15, 0.2) is 0 Å². The Morgan fingerprint density at radius 1 is 1.00 bits per heavy atom. The first-order chi connectivity index (χ1) is 12.5. The van der Waals surface area contributed by atoms with Crippen molar-refractivity contribution < 1.29 is 4.79 Å². The van der Waals surface area contributed by atoms with Gasteiger partial charge in [0.2, 0.25) is 5.91 Å². The summed E-state index contributed by atoms with van der Waals surface area (Å²) >= 11 is 0. The van der Waals surface area contributed by atoms with Crippen molar-refractivity contribution >= 4 is 11.6 Å². The smallest absolute Gasteiger partial charge is 0.228 e. The van der Waals surface area contributed by atoms with E-state index in [-0.39, 0.29) is 11.3 Å². The highest BCUT2D eigenvalue weighted by molar-refractivity contribution is 5.82. The van der Waals surface area contributed by atoms with Crippen molar-refractivity contribution in [1.82, 2.24) is 4.90 Å². The van der Waals surface area contributed by atoms with E-state index >= 15 is 0 Å². The molecule has 3 heteroatoms. The first-order valence-corrected chi connectivity index (χ1v) is 9.58. The summed E-state index contributed by atoms with van der Waals surface area (Å²) in [5, 5.41) is 0. The SMILES string of the molecule is CN(c1ccccc1)C1CCN(C(=O)C(C)(C)Cc2ccccc2)CC1. The number of hydrogen-bond donors (Lipinski definition) is 0. The van der Waals surface area contributed by atoms with Gasteiger partial charge in [-0.25, -0.2) is 0 Å². The van der Waals surface area contributed by atoms with Crippen LogP contribution in [-0.2, 0) is 11.2 Å². The van der Waals surface area contributed by atoms with E-state index in [2.05, 4.69) is 67.1 Å². The maximum atomic E-state index is 13.1. The molecule has 138 valence electrons. The Labute approximate surface area is 157 Å². The molecule has 0 atom stereocenters. The van der Waals surface area contributed by atoms with Crippen LogP contribution in [0.3, 0.4) is 0 Å². The van der Waals surface area contributed by atoms with E-state index in [1.165, 1.54) is 11.3 Å². The highest BCUT2D eigenvalue weighted by atomic mass is 16.2. The number of anilines is 1. The number of amides is 1. The number of rotatable bonds is 5. The van der Waals surface area contributed by atoms with Crippen LogP contribution in [0.2, 0.25) is 0 Å². The zero-order chi connectivity index (χ0) is 18.6. The molecule has 2 aromatic carbocycles. The van der Waals surface area contributed by atoms with Gasteiger partial charge < -0.3 is 9.80 Å². The molecule has 1 fully saturated rings. The molecule has 0 saturated carbocycles. The first-order valence-electron chi connectivity index (χ1n) is 9.58. The molecule has 0 N–H and O–H groups in total. The lowest BCUT2D eigenvalue weighted by Crippen LogP contribution is -2.49. The Bertz CT molecular complexity index is 704. The van der Waals surface area contributed by atoms with Crippen LogP contribution in [0.25, 0.3) is 0 Å². The van der Waals surface area contributed by atoms with E-state index in [0.717, 1.165) is 32.4 Å². The van der Waals surface area contributed by atoms with Gasteiger partial charge in [0.05, 0.1) is 0 Å². The maximum absolute atomic E-state index is 13.1. The van der Waals surface area contributed by atoms with Crippen molar-refractivity contribution in [3.8, 4) is 0 Å². The van der Waals surface area contributed by atoms with Crippen LogP contribution < -0.4 is 4.90 Å². The van der Waals surface area contributed by atoms with Gasteiger partial charge in [-0.15, -0.1) is 0 Å². The van der Waals surface area contributed by atoms with Gasteiger partial charge in [-0.05, 0) is 37.0 Å². The van der Waals surface area contributed by atoms with Crippen LogP contribution in [-0.4, -0.2) is 37.0 Å². The van der Waals surface area contributed by atoms with E-state index in [4.69, 9.17) is 0 Å². The lowest BCUT2D eigenvalue weighted by Gasteiger charge is -2.40. The van der Waals surface area contributed by atoms with Crippen LogP contribution in [0.5, 0.6) is 0 Å². The van der Waals surface area contributed by atoms with Crippen molar-refractivity contribution in [2.24, 2.45) is 5.41 Å². The standard InChI is InChI=1S/C23H30N2O/c1-23(2,18-19-10-6-4-7-11-19)22(26)25-16-14-21(15-17-25)24(3)20-12-8-5-9-13-20/h4-13,21H,14-18H2,1-3H3. The molecular weight excluding hydrogens is 320 g/mol. The Morgan fingerprint density at radius 2 is 1.54 bits per heavy atom. The number of carbonyl (C=O) groups excluding carboxylic acids is 1. The number of para-hydroxylation sites is 1. The Hall–Kier alpha value is -2.29. The number of hydrogen-bond acceptors (Lipinski definition) is 2. The summed E-state index contributed by atoms with van der Waals surface area (Å²) < 4.78 is 0. The predicted octanol–water partition coefficient (Wildman–Crippen LogP) is 4.38. The van der Waals surface area contributed by atoms with Crippen molar-refractivity contribution in [1.29, 1.82) is 0 Å². The lowest BCUT2D eigenvalue weighted by atomic mass is 9.83. The molecule has 0 aromatic heterocycles. The van der Waals surface area contributed by atoms with Gasteiger partial charge in [-0.2, -0.15) is 0 Å². The zero-order valence-corrected chi connectivity index (χ0v) is 16.2. The van der Waals surface area contributed by atoms with Gasteiger partial charge in [-0.1, -0.05) is 62.4 Å². The normalized spacial score (nSPS) is 15.7. The van der Waals surface area contributed by atoms with Crippen molar-refractivity contribution in [3.05, 3.63) is 66.2 Å². The molecule has 0 radical (unpaired) electrons. The van der Waals surface area contributed by atoms with Gasteiger partial charge in [-0.3, -0.25) is 4.79 Å². The lowest BCUT2D eigenvalue weighted by molar-refractivity contribution is -0.141. The zero-order valence-electron chi connectivity index (χ0n) is 16.2. The second-order valence-electron chi connectivity index (χ2n) is 8.02.